The van der Waals surface area contributed by atoms with E-state index in [1.54, 1.807) is 4.90 Å². The molecule has 3 nitrogen and oxygen atoms in total. The highest BCUT2D eigenvalue weighted by molar-refractivity contribution is 5.79. The molecular weight excluding hydrogens is 238 g/mol. The second-order valence-electron chi connectivity index (χ2n) is 4.53. The number of carbonyl (C=O) groups is 1. The van der Waals surface area contributed by atoms with Gasteiger partial charge < -0.3 is 10.6 Å². The maximum absolute atomic E-state index is 13.4. The smallest absolute Gasteiger partial charge is 0.227 e. The van der Waals surface area contributed by atoms with Crippen molar-refractivity contribution in [1.82, 2.24) is 4.90 Å². The SMILES string of the molecule is NC[C@@H]1CCCN1C(=O)Cc1cc(F)ccc1F. The zero-order valence-corrected chi connectivity index (χ0v) is 10.0. The molecule has 18 heavy (non-hydrogen) atoms. The van der Waals surface area contributed by atoms with Gasteiger partial charge >= 0.3 is 0 Å². The largest absolute Gasteiger partial charge is 0.338 e. The van der Waals surface area contributed by atoms with Gasteiger partial charge in [0.2, 0.25) is 5.91 Å². The summed E-state index contributed by atoms with van der Waals surface area (Å²) in [6.45, 7) is 1.06. The Balaban J connectivity index is 2.09. The number of hydrogen-bond acceptors (Lipinski definition) is 2. The minimum absolute atomic E-state index is 0.0362. The van der Waals surface area contributed by atoms with E-state index < -0.39 is 11.6 Å². The van der Waals surface area contributed by atoms with Crippen molar-refractivity contribution in [2.45, 2.75) is 25.3 Å². The molecule has 5 heteroatoms. The first-order valence-corrected chi connectivity index (χ1v) is 6.05. The number of nitrogens with zero attached hydrogens (tertiary/aromatic N) is 1. The Morgan fingerprint density at radius 1 is 1.44 bits per heavy atom. The lowest BCUT2D eigenvalue weighted by atomic mass is 10.1. The van der Waals surface area contributed by atoms with Crippen molar-refractivity contribution in [1.29, 1.82) is 0 Å². The lowest BCUT2D eigenvalue weighted by molar-refractivity contribution is -0.131. The molecular formula is C13H16F2N2O. The van der Waals surface area contributed by atoms with Crippen molar-refractivity contribution in [3.8, 4) is 0 Å². The summed E-state index contributed by atoms with van der Waals surface area (Å²) >= 11 is 0. The van der Waals surface area contributed by atoms with Crippen molar-refractivity contribution < 1.29 is 13.6 Å². The molecule has 0 saturated carbocycles. The number of nitrogens with two attached hydrogens (primary N) is 1. The topological polar surface area (TPSA) is 46.3 Å². The Bertz CT molecular complexity index is 451. The van der Waals surface area contributed by atoms with Crippen molar-refractivity contribution >= 4 is 5.91 Å². The second-order valence-corrected chi connectivity index (χ2v) is 4.53. The molecule has 0 spiro atoms. The Morgan fingerprint density at radius 2 is 2.22 bits per heavy atom. The van der Waals surface area contributed by atoms with E-state index >= 15 is 0 Å². The first-order chi connectivity index (χ1) is 8.61. The van der Waals surface area contributed by atoms with Crippen molar-refractivity contribution in [2.75, 3.05) is 13.1 Å². The molecule has 1 aromatic carbocycles. The lowest BCUT2D eigenvalue weighted by Crippen LogP contribution is -2.40. The van der Waals surface area contributed by atoms with Crippen LogP contribution in [0.2, 0.25) is 0 Å². The summed E-state index contributed by atoms with van der Waals surface area (Å²) in [6, 6.07) is 3.19. The molecule has 1 aliphatic heterocycles. The van der Waals surface area contributed by atoms with E-state index in [1.807, 2.05) is 0 Å². The Hall–Kier alpha value is -1.49. The van der Waals surface area contributed by atoms with Gasteiger partial charge in [0.05, 0.1) is 6.42 Å². The minimum atomic E-state index is -0.548. The van der Waals surface area contributed by atoms with E-state index in [-0.39, 0.29) is 23.9 Å². The van der Waals surface area contributed by atoms with E-state index in [1.165, 1.54) is 0 Å². The van der Waals surface area contributed by atoms with Gasteiger partial charge in [-0.2, -0.15) is 0 Å². The average molecular weight is 254 g/mol. The summed E-state index contributed by atoms with van der Waals surface area (Å²) in [5.74, 6) is -1.27. The zero-order chi connectivity index (χ0) is 13.1. The molecule has 1 fully saturated rings. The van der Waals surface area contributed by atoms with E-state index in [9.17, 15) is 13.6 Å². The van der Waals surface area contributed by atoms with Crippen LogP contribution in [-0.4, -0.2) is 29.9 Å². The van der Waals surface area contributed by atoms with Gasteiger partial charge in [-0.05, 0) is 31.0 Å². The second kappa shape index (κ2) is 5.44. The molecule has 0 aliphatic carbocycles. The maximum Gasteiger partial charge on any atom is 0.227 e. The highest BCUT2D eigenvalue weighted by Gasteiger charge is 2.27. The van der Waals surface area contributed by atoms with Crippen molar-refractivity contribution in [3.05, 3.63) is 35.4 Å². The van der Waals surface area contributed by atoms with Gasteiger partial charge in [-0.25, -0.2) is 8.78 Å². The molecule has 1 aromatic rings. The van der Waals surface area contributed by atoms with Crippen molar-refractivity contribution in [2.24, 2.45) is 5.73 Å². The fraction of sp³-hybridized carbons (Fsp3) is 0.462. The van der Waals surface area contributed by atoms with Crippen LogP contribution in [0.4, 0.5) is 8.78 Å². The van der Waals surface area contributed by atoms with Crippen LogP contribution >= 0.6 is 0 Å². The first-order valence-electron chi connectivity index (χ1n) is 6.05. The number of halogens is 2. The van der Waals surface area contributed by atoms with Crippen LogP contribution in [0.3, 0.4) is 0 Å². The van der Waals surface area contributed by atoms with Crippen LogP contribution in [0.15, 0.2) is 18.2 Å². The van der Waals surface area contributed by atoms with E-state index in [0.717, 1.165) is 31.0 Å². The van der Waals surface area contributed by atoms with E-state index in [0.29, 0.717) is 13.1 Å². The predicted molar refractivity (Wildman–Crippen MR) is 63.9 cm³/mol. The third kappa shape index (κ3) is 2.67. The standard InChI is InChI=1S/C13H16F2N2O/c14-10-3-4-12(15)9(6-10)7-13(18)17-5-1-2-11(17)8-16/h3-4,6,11H,1-2,5,7-8,16H2/t11-/m0/s1. The molecule has 1 aliphatic rings. The van der Waals surface area contributed by atoms with Gasteiger partial charge in [0.25, 0.3) is 0 Å². The Kier molecular flexibility index (Phi) is 3.91. The molecule has 0 aromatic heterocycles. The highest BCUT2D eigenvalue weighted by Crippen LogP contribution is 2.19. The quantitative estimate of drug-likeness (QED) is 0.887. The number of likely N-dealkylation sites (tertiary alicyclic amines) is 1. The van der Waals surface area contributed by atoms with Crippen LogP contribution in [-0.2, 0) is 11.2 Å². The molecule has 98 valence electrons. The molecule has 0 unspecified atom stereocenters. The van der Waals surface area contributed by atoms with Gasteiger partial charge in [-0.1, -0.05) is 0 Å². The number of carbonyl (C=O) groups excluding carboxylic acids is 1. The summed E-state index contributed by atoms with van der Waals surface area (Å²) in [4.78, 5) is 13.7. The number of hydrogen-bond donors (Lipinski definition) is 1. The van der Waals surface area contributed by atoms with E-state index in [2.05, 4.69) is 0 Å². The molecule has 2 rings (SSSR count). The van der Waals surface area contributed by atoms with Crippen LogP contribution in [0.25, 0.3) is 0 Å². The summed E-state index contributed by atoms with van der Waals surface area (Å²) in [5, 5.41) is 0. The third-order valence-corrected chi connectivity index (χ3v) is 3.32. The molecule has 0 bridgehead atoms. The minimum Gasteiger partial charge on any atom is -0.338 e. The highest BCUT2D eigenvalue weighted by atomic mass is 19.1. The third-order valence-electron chi connectivity index (χ3n) is 3.32. The van der Waals surface area contributed by atoms with Crippen LogP contribution in [0.1, 0.15) is 18.4 Å². The van der Waals surface area contributed by atoms with Crippen molar-refractivity contribution in [3.63, 3.8) is 0 Å². The number of amides is 1. The predicted octanol–water partition coefficient (Wildman–Crippen LogP) is 1.46. The summed E-state index contributed by atoms with van der Waals surface area (Å²) in [6.07, 6.45) is 1.69. The Labute approximate surface area is 105 Å². The van der Waals surface area contributed by atoms with Crippen LogP contribution in [0.5, 0.6) is 0 Å². The van der Waals surface area contributed by atoms with Gasteiger partial charge in [0.1, 0.15) is 11.6 Å². The number of benzene rings is 1. The molecule has 0 radical (unpaired) electrons. The average Bonchev–Trinajstić information content (AvgIpc) is 2.82. The first kappa shape index (κ1) is 13.0. The normalized spacial score (nSPS) is 19.3. The fourth-order valence-electron chi connectivity index (χ4n) is 2.35. The number of rotatable bonds is 3. The van der Waals surface area contributed by atoms with Crippen LogP contribution < -0.4 is 5.73 Å². The zero-order valence-electron chi connectivity index (χ0n) is 10.0. The lowest BCUT2D eigenvalue weighted by Gasteiger charge is -2.23. The summed E-state index contributed by atoms with van der Waals surface area (Å²) < 4.78 is 26.4. The monoisotopic (exact) mass is 254 g/mol. The molecule has 1 saturated heterocycles. The van der Waals surface area contributed by atoms with Gasteiger partial charge in [0.15, 0.2) is 0 Å². The summed E-state index contributed by atoms with van der Waals surface area (Å²) in [5.41, 5.74) is 5.68. The van der Waals surface area contributed by atoms with E-state index in [4.69, 9.17) is 5.73 Å². The van der Waals surface area contributed by atoms with Gasteiger partial charge in [-0.3, -0.25) is 4.79 Å². The van der Waals surface area contributed by atoms with Crippen LogP contribution in [0, 0.1) is 11.6 Å². The Morgan fingerprint density at radius 3 is 2.94 bits per heavy atom. The summed E-state index contributed by atoms with van der Waals surface area (Å²) in [7, 11) is 0. The molecule has 1 atom stereocenters. The maximum atomic E-state index is 13.4. The molecule has 2 N–H and O–H groups in total. The van der Waals surface area contributed by atoms with Gasteiger partial charge in [0, 0.05) is 24.7 Å². The fourth-order valence-corrected chi connectivity index (χ4v) is 2.35. The molecule has 1 amide bonds. The molecule has 1 heterocycles. The van der Waals surface area contributed by atoms with Gasteiger partial charge in [-0.15, -0.1) is 0 Å².